The van der Waals surface area contributed by atoms with Crippen molar-refractivity contribution < 1.29 is 9.13 Å². The summed E-state index contributed by atoms with van der Waals surface area (Å²) in [6, 6.07) is 4.10. The number of hydrogen-bond donors (Lipinski definition) is 1. The topological polar surface area (TPSA) is 66.0 Å². The summed E-state index contributed by atoms with van der Waals surface area (Å²) < 4.78 is 18.4. The van der Waals surface area contributed by atoms with Gasteiger partial charge in [-0.2, -0.15) is 15.0 Å². The zero-order valence-corrected chi connectivity index (χ0v) is 9.59. The summed E-state index contributed by atoms with van der Waals surface area (Å²) in [6.45, 7) is 0. The second-order valence-electron chi connectivity index (χ2n) is 3.63. The van der Waals surface area contributed by atoms with Crippen LogP contribution in [-0.2, 0) is 7.05 Å². The summed E-state index contributed by atoms with van der Waals surface area (Å²) in [4.78, 5) is 1.41. The van der Waals surface area contributed by atoms with Crippen molar-refractivity contribution in [2.45, 2.75) is 6.04 Å². The lowest BCUT2D eigenvalue weighted by molar-refractivity contribution is 0.386. The molecule has 0 aliphatic rings. The summed E-state index contributed by atoms with van der Waals surface area (Å²) in [5, 5.41) is 8.01. The molecule has 5 nitrogen and oxygen atoms in total. The van der Waals surface area contributed by atoms with Crippen molar-refractivity contribution in [3.8, 4) is 5.75 Å². The van der Waals surface area contributed by atoms with Gasteiger partial charge in [0, 0.05) is 7.05 Å². The molecule has 0 spiro atoms. The van der Waals surface area contributed by atoms with Crippen molar-refractivity contribution in [3.05, 3.63) is 41.5 Å². The van der Waals surface area contributed by atoms with E-state index in [1.54, 1.807) is 25.4 Å². The minimum atomic E-state index is -0.496. The lowest BCUT2D eigenvalue weighted by atomic mass is 10.1. The van der Waals surface area contributed by atoms with Gasteiger partial charge in [-0.1, -0.05) is 6.07 Å². The molecule has 2 N–H and O–H groups in total. The van der Waals surface area contributed by atoms with Crippen LogP contribution in [0.15, 0.2) is 24.4 Å². The van der Waals surface area contributed by atoms with E-state index in [0.29, 0.717) is 11.3 Å². The molecule has 0 unspecified atom stereocenters. The third-order valence-electron chi connectivity index (χ3n) is 2.47. The maximum atomic E-state index is 13.5. The minimum absolute atomic E-state index is 0.195. The number of hydrogen-bond acceptors (Lipinski definition) is 4. The average Bonchev–Trinajstić information content (AvgIpc) is 2.75. The fraction of sp³-hybridized carbons (Fsp3) is 0.273. The molecule has 1 aromatic heterocycles. The highest BCUT2D eigenvalue weighted by Crippen LogP contribution is 2.23. The van der Waals surface area contributed by atoms with E-state index >= 15 is 0 Å². The highest BCUT2D eigenvalue weighted by Gasteiger charge is 2.14. The van der Waals surface area contributed by atoms with E-state index in [0.717, 1.165) is 0 Å². The predicted octanol–water partition coefficient (Wildman–Crippen LogP) is 1.01. The molecule has 6 heteroatoms. The number of aryl methyl sites for hydroxylation is 1. The molecular weight excluding hydrogens is 223 g/mol. The van der Waals surface area contributed by atoms with Crippen LogP contribution in [0, 0.1) is 5.82 Å². The second-order valence-corrected chi connectivity index (χ2v) is 3.63. The van der Waals surface area contributed by atoms with Gasteiger partial charge in [0.1, 0.15) is 5.69 Å². The molecule has 0 amide bonds. The van der Waals surface area contributed by atoms with Gasteiger partial charge in [0.05, 0.1) is 19.3 Å². The molecule has 2 rings (SSSR count). The molecule has 2 aromatic rings. The molecule has 0 fully saturated rings. The number of aromatic nitrogens is 3. The third kappa shape index (κ3) is 2.26. The lowest BCUT2D eigenvalue weighted by Crippen LogP contribution is -2.13. The molecule has 1 aromatic carbocycles. The van der Waals surface area contributed by atoms with Crippen molar-refractivity contribution in [2.24, 2.45) is 12.8 Å². The van der Waals surface area contributed by atoms with Crippen molar-refractivity contribution in [3.63, 3.8) is 0 Å². The Hall–Kier alpha value is -1.95. The van der Waals surface area contributed by atoms with E-state index in [9.17, 15) is 4.39 Å². The molecule has 0 radical (unpaired) electrons. The van der Waals surface area contributed by atoms with Gasteiger partial charge in [0.15, 0.2) is 11.6 Å². The van der Waals surface area contributed by atoms with Gasteiger partial charge in [-0.3, -0.25) is 0 Å². The highest BCUT2D eigenvalue weighted by molar-refractivity contribution is 5.33. The first kappa shape index (κ1) is 11.5. The Bertz CT molecular complexity index is 526. The number of rotatable bonds is 3. The van der Waals surface area contributed by atoms with Crippen LogP contribution in [0.4, 0.5) is 4.39 Å². The van der Waals surface area contributed by atoms with Gasteiger partial charge < -0.3 is 10.5 Å². The minimum Gasteiger partial charge on any atom is -0.494 e. The van der Waals surface area contributed by atoms with Crippen LogP contribution in [-0.4, -0.2) is 22.1 Å². The Labute approximate surface area is 98.0 Å². The summed E-state index contributed by atoms with van der Waals surface area (Å²) in [7, 11) is 3.12. The maximum absolute atomic E-state index is 13.5. The second kappa shape index (κ2) is 4.50. The summed E-state index contributed by atoms with van der Waals surface area (Å²) in [5.41, 5.74) is 7.19. The Morgan fingerprint density at radius 2 is 2.24 bits per heavy atom. The van der Waals surface area contributed by atoms with Crippen molar-refractivity contribution >= 4 is 0 Å². The van der Waals surface area contributed by atoms with Crippen LogP contribution in [0.3, 0.4) is 0 Å². The first-order valence-corrected chi connectivity index (χ1v) is 5.07. The van der Waals surface area contributed by atoms with Crippen LogP contribution in [0.1, 0.15) is 17.3 Å². The van der Waals surface area contributed by atoms with E-state index in [1.165, 1.54) is 18.0 Å². The fourth-order valence-electron chi connectivity index (χ4n) is 1.55. The molecule has 0 bridgehead atoms. The summed E-state index contributed by atoms with van der Waals surface area (Å²) >= 11 is 0. The van der Waals surface area contributed by atoms with Crippen LogP contribution >= 0.6 is 0 Å². The quantitative estimate of drug-likeness (QED) is 0.863. The zero-order valence-electron chi connectivity index (χ0n) is 9.59. The van der Waals surface area contributed by atoms with Gasteiger partial charge in [0.25, 0.3) is 0 Å². The Balaban J connectivity index is 2.31. The van der Waals surface area contributed by atoms with E-state index in [4.69, 9.17) is 10.5 Å². The summed E-state index contributed by atoms with van der Waals surface area (Å²) in [5.74, 6) is -0.246. The lowest BCUT2D eigenvalue weighted by Gasteiger charge is -2.10. The van der Waals surface area contributed by atoms with E-state index in [1.807, 2.05) is 0 Å². The zero-order chi connectivity index (χ0) is 12.4. The summed E-state index contributed by atoms with van der Waals surface area (Å²) in [6.07, 6.45) is 1.56. The Morgan fingerprint density at radius 1 is 1.47 bits per heavy atom. The highest BCUT2D eigenvalue weighted by atomic mass is 19.1. The monoisotopic (exact) mass is 236 g/mol. The first-order valence-electron chi connectivity index (χ1n) is 5.07. The molecule has 1 atom stereocenters. The van der Waals surface area contributed by atoms with Gasteiger partial charge in [0.2, 0.25) is 0 Å². The van der Waals surface area contributed by atoms with Gasteiger partial charge in [-0.05, 0) is 17.7 Å². The van der Waals surface area contributed by atoms with Crippen molar-refractivity contribution in [2.75, 3.05) is 7.11 Å². The Kier molecular flexibility index (Phi) is 3.06. The third-order valence-corrected chi connectivity index (χ3v) is 2.47. The van der Waals surface area contributed by atoms with Crippen LogP contribution in [0.5, 0.6) is 5.75 Å². The molecule has 0 saturated heterocycles. The average molecular weight is 236 g/mol. The van der Waals surface area contributed by atoms with Gasteiger partial charge in [-0.15, -0.1) is 0 Å². The molecular formula is C11H13FN4O. The van der Waals surface area contributed by atoms with Crippen molar-refractivity contribution in [1.29, 1.82) is 0 Å². The van der Waals surface area contributed by atoms with E-state index in [-0.39, 0.29) is 5.75 Å². The van der Waals surface area contributed by atoms with Gasteiger partial charge >= 0.3 is 0 Å². The van der Waals surface area contributed by atoms with Crippen molar-refractivity contribution in [1.82, 2.24) is 15.0 Å². The molecule has 1 heterocycles. The van der Waals surface area contributed by atoms with Crippen LogP contribution in [0.25, 0.3) is 0 Å². The number of ether oxygens (including phenoxy) is 1. The van der Waals surface area contributed by atoms with E-state index < -0.39 is 11.9 Å². The van der Waals surface area contributed by atoms with Crippen LogP contribution in [0.2, 0.25) is 0 Å². The molecule has 0 saturated carbocycles. The number of benzene rings is 1. The fourth-order valence-corrected chi connectivity index (χ4v) is 1.55. The number of nitrogens with zero attached hydrogens (tertiary/aromatic N) is 3. The van der Waals surface area contributed by atoms with Gasteiger partial charge in [-0.25, -0.2) is 4.39 Å². The Morgan fingerprint density at radius 3 is 2.76 bits per heavy atom. The molecule has 0 aliphatic carbocycles. The van der Waals surface area contributed by atoms with Crippen LogP contribution < -0.4 is 10.5 Å². The maximum Gasteiger partial charge on any atom is 0.165 e. The molecule has 0 aliphatic heterocycles. The standard InChI is InChI=1S/C11H13FN4O/c1-16-14-6-9(15-16)11(13)7-3-4-10(17-2)8(12)5-7/h3-6,11H,13H2,1-2H3/t11-/m1/s1. The molecule has 17 heavy (non-hydrogen) atoms. The predicted molar refractivity (Wildman–Crippen MR) is 60.0 cm³/mol. The molecule has 90 valence electrons. The smallest absolute Gasteiger partial charge is 0.165 e. The largest absolute Gasteiger partial charge is 0.494 e. The normalized spacial score (nSPS) is 12.5. The first-order chi connectivity index (χ1) is 8.11. The number of methoxy groups -OCH3 is 1. The number of halogens is 1. The van der Waals surface area contributed by atoms with E-state index in [2.05, 4.69) is 10.2 Å². The SMILES string of the molecule is COc1ccc([C@@H](N)c2cnn(C)n2)cc1F. The number of nitrogens with two attached hydrogens (primary N) is 1.